The van der Waals surface area contributed by atoms with Gasteiger partial charge in [-0.05, 0) is 30.3 Å². The van der Waals surface area contributed by atoms with Crippen molar-refractivity contribution in [3.63, 3.8) is 0 Å². The highest BCUT2D eigenvalue weighted by molar-refractivity contribution is 7.90. The molecular formula is C16H13Cl2NO5S. The maximum atomic E-state index is 12.4. The zero-order chi connectivity index (χ0) is 18.2. The molecule has 0 fully saturated rings. The van der Waals surface area contributed by atoms with Crippen LogP contribution in [0.3, 0.4) is 0 Å². The van der Waals surface area contributed by atoms with Crippen molar-refractivity contribution < 1.29 is 23.1 Å². The third-order valence-corrected chi connectivity index (χ3v) is 5.95. The number of aliphatic hydroxyl groups is 1. The molecule has 0 saturated carbocycles. The van der Waals surface area contributed by atoms with Gasteiger partial charge in [-0.2, -0.15) is 0 Å². The summed E-state index contributed by atoms with van der Waals surface area (Å²) in [7, 11) is -3.96. The first kappa shape index (κ1) is 18.0. The lowest BCUT2D eigenvalue weighted by atomic mass is 10.2. The molecule has 1 amide bonds. The number of hydrogen-bond donors (Lipinski definition) is 1. The van der Waals surface area contributed by atoms with Crippen molar-refractivity contribution in [2.75, 3.05) is 13.2 Å². The summed E-state index contributed by atoms with van der Waals surface area (Å²) in [5.74, 6) is -0.372. The van der Waals surface area contributed by atoms with Crippen molar-refractivity contribution in [1.29, 1.82) is 0 Å². The summed E-state index contributed by atoms with van der Waals surface area (Å²) in [4.78, 5) is 12.2. The van der Waals surface area contributed by atoms with Crippen LogP contribution in [-0.4, -0.2) is 43.0 Å². The smallest absolute Gasteiger partial charge is 0.269 e. The summed E-state index contributed by atoms with van der Waals surface area (Å²) in [5.41, 5.74) is 0.0939. The monoisotopic (exact) mass is 401 g/mol. The van der Waals surface area contributed by atoms with Gasteiger partial charge in [0.15, 0.2) is 0 Å². The number of β-amino-alcohol motifs (C(OH)–C–C–N with tert-alkyl or cyclic N) is 1. The Morgan fingerprint density at radius 3 is 2.56 bits per heavy atom. The molecule has 1 aliphatic heterocycles. The summed E-state index contributed by atoms with van der Waals surface area (Å²) in [6.45, 7) is -0.655. The van der Waals surface area contributed by atoms with Gasteiger partial charge in [0.25, 0.3) is 15.9 Å². The van der Waals surface area contributed by atoms with Crippen LogP contribution in [0, 0.1) is 0 Å². The number of sulfonamides is 1. The van der Waals surface area contributed by atoms with E-state index in [4.69, 9.17) is 27.9 Å². The summed E-state index contributed by atoms with van der Waals surface area (Å²) < 4.78 is 30.8. The predicted octanol–water partition coefficient (Wildman–Crippen LogP) is 2.58. The van der Waals surface area contributed by atoms with Crippen LogP contribution < -0.4 is 4.74 Å². The van der Waals surface area contributed by atoms with Gasteiger partial charge in [0.05, 0.1) is 17.1 Å². The van der Waals surface area contributed by atoms with E-state index >= 15 is 0 Å². The Labute approximate surface area is 154 Å². The van der Waals surface area contributed by atoms with Crippen molar-refractivity contribution in [3.8, 4) is 5.75 Å². The average Bonchev–Trinajstić information content (AvgIpc) is 2.75. The molecule has 1 N–H and O–H groups in total. The fourth-order valence-corrected chi connectivity index (χ4v) is 4.50. The van der Waals surface area contributed by atoms with Gasteiger partial charge in [0, 0.05) is 5.02 Å². The number of amides is 1. The molecule has 3 rings (SSSR count). The van der Waals surface area contributed by atoms with Crippen molar-refractivity contribution in [3.05, 3.63) is 58.1 Å². The maximum Gasteiger partial charge on any atom is 0.269 e. The van der Waals surface area contributed by atoms with E-state index in [1.54, 1.807) is 12.1 Å². The Hall–Kier alpha value is -1.80. The topological polar surface area (TPSA) is 83.9 Å². The van der Waals surface area contributed by atoms with E-state index in [-0.39, 0.29) is 22.1 Å². The molecule has 9 heteroatoms. The molecule has 132 valence electrons. The van der Waals surface area contributed by atoms with E-state index in [1.807, 2.05) is 0 Å². The Kier molecular flexibility index (Phi) is 4.92. The summed E-state index contributed by atoms with van der Waals surface area (Å²) >= 11 is 11.7. The molecule has 2 aromatic carbocycles. The molecule has 0 aliphatic carbocycles. The number of carbonyl (C=O) groups is 1. The minimum atomic E-state index is -3.96. The van der Waals surface area contributed by atoms with E-state index in [2.05, 4.69) is 0 Å². The Morgan fingerprint density at radius 1 is 1.16 bits per heavy atom. The van der Waals surface area contributed by atoms with E-state index in [0.29, 0.717) is 15.1 Å². The average molecular weight is 402 g/mol. The Balaban J connectivity index is 1.69. The highest BCUT2D eigenvalue weighted by Gasteiger charge is 2.41. The molecule has 1 heterocycles. The minimum absolute atomic E-state index is 0.0612. The molecule has 1 aliphatic rings. The van der Waals surface area contributed by atoms with Crippen LogP contribution in [0.5, 0.6) is 5.75 Å². The Bertz CT molecular complexity index is 932. The molecular weight excluding hydrogens is 389 g/mol. The molecule has 0 bridgehead atoms. The first-order chi connectivity index (χ1) is 11.8. The zero-order valence-corrected chi connectivity index (χ0v) is 15.1. The van der Waals surface area contributed by atoms with Gasteiger partial charge in [-0.15, -0.1) is 0 Å². The lowest BCUT2D eigenvalue weighted by Crippen LogP contribution is -2.39. The van der Waals surface area contributed by atoms with E-state index in [0.717, 1.165) is 0 Å². The van der Waals surface area contributed by atoms with Crippen molar-refractivity contribution in [2.24, 2.45) is 0 Å². The number of rotatable bonds is 5. The lowest BCUT2D eigenvalue weighted by Gasteiger charge is -2.19. The second-order valence-electron chi connectivity index (χ2n) is 5.38. The summed E-state index contributed by atoms with van der Waals surface area (Å²) in [5, 5.41) is 10.8. The number of carbonyl (C=O) groups excluding carboxylic acids is 1. The van der Waals surface area contributed by atoms with Crippen molar-refractivity contribution >= 4 is 39.1 Å². The van der Waals surface area contributed by atoms with Crippen LogP contribution in [0.2, 0.25) is 10.0 Å². The quantitative estimate of drug-likeness (QED) is 0.831. The van der Waals surface area contributed by atoms with Crippen molar-refractivity contribution in [2.45, 2.75) is 11.0 Å². The van der Waals surface area contributed by atoms with Gasteiger partial charge in [-0.25, -0.2) is 12.7 Å². The lowest BCUT2D eigenvalue weighted by molar-refractivity contribution is 0.0687. The third-order valence-electron chi connectivity index (χ3n) is 3.61. The number of nitrogens with zero attached hydrogens (tertiary/aromatic N) is 1. The zero-order valence-electron chi connectivity index (χ0n) is 12.7. The minimum Gasteiger partial charge on any atom is -0.489 e. The van der Waals surface area contributed by atoms with Crippen LogP contribution in [0.1, 0.15) is 10.4 Å². The summed E-state index contributed by atoms with van der Waals surface area (Å²) in [6, 6.07) is 10.5. The van der Waals surface area contributed by atoms with Gasteiger partial charge in [-0.1, -0.05) is 35.3 Å². The molecule has 0 saturated heterocycles. The van der Waals surface area contributed by atoms with E-state index in [9.17, 15) is 18.3 Å². The fraction of sp³-hybridized carbons (Fsp3) is 0.188. The molecule has 1 unspecified atom stereocenters. The summed E-state index contributed by atoms with van der Waals surface area (Å²) in [6.07, 6.45) is -1.22. The normalized spacial score (nSPS) is 16.6. The second kappa shape index (κ2) is 6.84. The van der Waals surface area contributed by atoms with Crippen LogP contribution in [-0.2, 0) is 10.0 Å². The highest BCUT2D eigenvalue weighted by Crippen LogP contribution is 2.30. The third kappa shape index (κ3) is 3.46. The molecule has 0 radical (unpaired) electrons. The van der Waals surface area contributed by atoms with Crippen molar-refractivity contribution in [1.82, 2.24) is 4.31 Å². The maximum absolute atomic E-state index is 12.4. The van der Waals surface area contributed by atoms with Crippen LogP contribution in [0.25, 0.3) is 0 Å². The van der Waals surface area contributed by atoms with Gasteiger partial charge < -0.3 is 9.84 Å². The predicted molar refractivity (Wildman–Crippen MR) is 92.6 cm³/mol. The first-order valence-corrected chi connectivity index (χ1v) is 9.42. The number of ether oxygens (including phenoxy) is 1. The van der Waals surface area contributed by atoms with Crippen LogP contribution >= 0.6 is 23.2 Å². The van der Waals surface area contributed by atoms with Gasteiger partial charge in [0.1, 0.15) is 23.4 Å². The second-order valence-corrected chi connectivity index (χ2v) is 8.05. The molecule has 2 aromatic rings. The van der Waals surface area contributed by atoms with Crippen LogP contribution in [0.15, 0.2) is 47.4 Å². The highest BCUT2D eigenvalue weighted by atomic mass is 35.5. The molecule has 6 nitrogen and oxygen atoms in total. The van der Waals surface area contributed by atoms with E-state index < -0.39 is 28.6 Å². The van der Waals surface area contributed by atoms with Gasteiger partial charge in [-0.3, -0.25) is 4.79 Å². The number of fused-ring (bicyclic) bond motifs is 1. The van der Waals surface area contributed by atoms with Crippen LogP contribution in [0.4, 0.5) is 0 Å². The number of hydrogen-bond acceptors (Lipinski definition) is 5. The van der Waals surface area contributed by atoms with Gasteiger partial charge in [0.2, 0.25) is 0 Å². The van der Waals surface area contributed by atoms with Gasteiger partial charge >= 0.3 is 0 Å². The molecule has 1 atom stereocenters. The fourth-order valence-electron chi connectivity index (χ4n) is 2.43. The standard InChI is InChI=1S/C16H13Cl2NO5S/c17-10-5-6-14(13(18)7-10)24-9-11(20)8-19-16(21)12-3-1-2-4-15(12)25(19,22)23/h1-7,11,20H,8-9H2. The Morgan fingerprint density at radius 2 is 1.88 bits per heavy atom. The van der Waals surface area contributed by atoms with E-state index in [1.165, 1.54) is 30.3 Å². The SMILES string of the molecule is O=C1c2ccccc2S(=O)(=O)N1CC(O)COc1ccc(Cl)cc1Cl. The molecule has 25 heavy (non-hydrogen) atoms. The number of halogens is 2. The first-order valence-electron chi connectivity index (χ1n) is 7.22. The molecule has 0 spiro atoms. The largest absolute Gasteiger partial charge is 0.489 e. The number of aliphatic hydroxyl groups excluding tert-OH is 1. The number of benzene rings is 2. The molecule has 0 aromatic heterocycles.